The summed E-state index contributed by atoms with van der Waals surface area (Å²) in [7, 11) is 0. The Labute approximate surface area is 131 Å². The molecule has 0 aliphatic heterocycles. The fourth-order valence-corrected chi connectivity index (χ4v) is 3.08. The van der Waals surface area contributed by atoms with Crippen LogP contribution in [0.1, 0.15) is 15.9 Å². The van der Waals surface area contributed by atoms with Gasteiger partial charge in [-0.25, -0.2) is 4.79 Å². The summed E-state index contributed by atoms with van der Waals surface area (Å²) in [6.45, 7) is 0. The number of rotatable bonds is 3. The first-order valence-electron chi connectivity index (χ1n) is 5.66. The van der Waals surface area contributed by atoms with E-state index < -0.39 is 17.7 Å². The molecule has 0 aromatic heterocycles. The van der Waals surface area contributed by atoms with Crippen molar-refractivity contribution in [1.29, 1.82) is 0 Å². The van der Waals surface area contributed by atoms with Crippen molar-refractivity contribution in [3.63, 3.8) is 0 Å². The summed E-state index contributed by atoms with van der Waals surface area (Å²) in [6.07, 6.45) is -4.57. The standard InChI is InChI=1S/C14H8BrF3O2S/c15-10-3-1-2-4-12(10)21-11-6-5-8(14(16,17)18)7-9(11)13(19)20/h1-7H,(H,19,20). The molecule has 1 N–H and O–H groups in total. The normalized spacial score (nSPS) is 11.4. The van der Waals surface area contributed by atoms with Gasteiger partial charge in [0, 0.05) is 14.3 Å². The predicted octanol–water partition coefficient (Wildman–Crippen LogP) is 5.32. The highest BCUT2D eigenvalue weighted by atomic mass is 79.9. The Morgan fingerprint density at radius 2 is 1.76 bits per heavy atom. The van der Waals surface area contributed by atoms with E-state index in [0.29, 0.717) is 6.07 Å². The first-order chi connectivity index (χ1) is 9.79. The van der Waals surface area contributed by atoms with Crippen molar-refractivity contribution in [1.82, 2.24) is 0 Å². The molecule has 0 atom stereocenters. The Kier molecular flexibility index (Phi) is 4.63. The third-order valence-corrected chi connectivity index (χ3v) is 4.70. The summed E-state index contributed by atoms with van der Waals surface area (Å²) in [4.78, 5) is 12.2. The molecule has 2 rings (SSSR count). The Bertz CT molecular complexity index is 686. The number of hydrogen-bond acceptors (Lipinski definition) is 2. The van der Waals surface area contributed by atoms with Crippen LogP contribution in [-0.4, -0.2) is 11.1 Å². The van der Waals surface area contributed by atoms with E-state index in [4.69, 9.17) is 5.11 Å². The highest BCUT2D eigenvalue weighted by molar-refractivity contribution is 9.10. The Morgan fingerprint density at radius 1 is 1.10 bits per heavy atom. The molecule has 0 bridgehead atoms. The van der Waals surface area contributed by atoms with Crippen molar-refractivity contribution in [3.8, 4) is 0 Å². The zero-order chi connectivity index (χ0) is 15.6. The van der Waals surface area contributed by atoms with Crippen LogP contribution < -0.4 is 0 Å². The van der Waals surface area contributed by atoms with Crippen molar-refractivity contribution in [3.05, 3.63) is 58.1 Å². The second-order valence-electron chi connectivity index (χ2n) is 4.05. The summed E-state index contributed by atoms with van der Waals surface area (Å²) < 4.78 is 38.7. The van der Waals surface area contributed by atoms with E-state index in [1.165, 1.54) is 6.07 Å². The number of hydrogen-bond donors (Lipinski definition) is 1. The molecule has 0 radical (unpaired) electrons. The van der Waals surface area contributed by atoms with Gasteiger partial charge in [0.1, 0.15) is 0 Å². The molecule has 7 heteroatoms. The van der Waals surface area contributed by atoms with Gasteiger partial charge in [0.15, 0.2) is 0 Å². The number of halogens is 4. The van der Waals surface area contributed by atoms with Crippen molar-refractivity contribution >= 4 is 33.7 Å². The van der Waals surface area contributed by atoms with Crippen LogP contribution in [0.15, 0.2) is 56.7 Å². The van der Waals surface area contributed by atoms with Gasteiger partial charge in [0.2, 0.25) is 0 Å². The lowest BCUT2D eigenvalue weighted by atomic mass is 10.1. The number of alkyl halides is 3. The average molecular weight is 377 g/mol. The van der Waals surface area contributed by atoms with E-state index >= 15 is 0 Å². The number of carboxylic acid groups (broad SMARTS) is 1. The van der Waals surface area contributed by atoms with Gasteiger partial charge >= 0.3 is 12.1 Å². The quantitative estimate of drug-likeness (QED) is 0.787. The van der Waals surface area contributed by atoms with Crippen LogP contribution in [-0.2, 0) is 6.18 Å². The van der Waals surface area contributed by atoms with Crippen LogP contribution in [0.2, 0.25) is 0 Å². The molecule has 0 saturated carbocycles. The summed E-state index contributed by atoms with van der Waals surface area (Å²) in [5, 5.41) is 9.11. The molecule has 0 aliphatic rings. The Hall–Kier alpha value is -1.47. The monoisotopic (exact) mass is 376 g/mol. The van der Waals surface area contributed by atoms with Gasteiger partial charge in [0.25, 0.3) is 0 Å². The zero-order valence-electron chi connectivity index (χ0n) is 10.3. The molecule has 0 heterocycles. The van der Waals surface area contributed by atoms with Gasteiger partial charge < -0.3 is 5.11 Å². The second-order valence-corrected chi connectivity index (χ2v) is 5.98. The lowest BCUT2D eigenvalue weighted by molar-refractivity contribution is -0.137. The maximum Gasteiger partial charge on any atom is 0.416 e. The van der Waals surface area contributed by atoms with E-state index in [9.17, 15) is 18.0 Å². The minimum atomic E-state index is -4.57. The van der Waals surface area contributed by atoms with Crippen molar-refractivity contribution in [2.24, 2.45) is 0 Å². The first kappa shape index (κ1) is 15.9. The fourth-order valence-electron chi connectivity index (χ4n) is 1.61. The summed E-state index contributed by atoms with van der Waals surface area (Å²) >= 11 is 4.41. The minimum Gasteiger partial charge on any atom is -0.478 e. The fraction of sp³-hybridized carbons (Fsp3) is 0.0714. The lowest BCUT2D eigenvalue weighted by Gasteiger charge is -2.11. The zero-order valence-corrected chi connectivity index (χ0v) is 12.7. The number of carboxylic acids is 1. The Morgan fingerprint density at radius 3 is 2.33 bits per heavy atom. The summed E-state index contributed by atoms with van der Waals surface area (Å²) in [5.74, 6) is -1.39. The van der Waals surface area contributed by atoms with E-state index in [0.717, 1.165) is 27.2 Å². The van der Waals surface area contributed by atoms with E-state index in [2.05, 4.69) is 15.9 Å². The largest absolute Gasteiger partial charge is 0.478 e. The number of aromatic carboxylic acids is 1. The second kappa shape index (κ2) is 6.11. The third kappa shape index (κ3) is 3.79. The molecule has 110 valence electrons. The summed E-state index contributed by atoms with van der Waals surface area (Å²) in [5.41, 5.74) is -1.35. The molecule has 0 spiro atoms. The lowest BCUT2D eigenvalue weighted by Crippen LogP contribution is -2.08. The van der Waals surface area contributed by atoms with Crippen LogP contribution >= 0.6 is 27.7 Å². The molecule has 0 fully saturated rings. The van der Waals surface area contributed by atoms with Gasteiger partial charge in [-0.05, 0) is 46.3 Å². The van der Waals surface area contributed by atoms with Crippen LogP contribution in [0.3, 0.4) is 0 Å². The topological polar surface area (TPSA) is 37.3 Å². The van der Waals surface area contributed by atoms with Crippen LogP contribution in [0.5, 0.6) is 0 Å². The van der Waals surface area contributed by atoms with Crippen LogP contribution in [0, 0.1) is 0 Å². The summed E-state index contributed by atoms with van der Waals surface area (Å²) in [6, 6.07) is 9.78. The van der Waals surface area contributed by atoms with Gasteiger partial charge in [0.05, 0.1) is 11.1 Å². The number of benzene rings is 2. The molecule has 2 nitrogen and oxygen atoms in total. The molecule has 0 saturated heterocycles. The molecule has 0 amide bonds. The van der Waals surface area contributed by atoms with E-state index in [1.54, 1.807) is 24.3 Å². The van der Waals surface area contributed by atoms with Gasteiger partial charge in [-0.2, -0.15) is 13.2 Å². The smallest absolute Gasteiger partial charge is 0.416 e. The highest BCUT2D eigenvalue weighted by Crippen LogP contribution is 2.38. The Balaban J connectivity index is 2.45. The van der Waals surface area contributed by atoms with Crippen LogP contribution in [0.4, 0.5) is 13.2 Å². The molecular formula is C14H8BrF3O2S. The van der Waals surface area contributed by atoms with Gasteiger partial charge in [-0.15, -0.1) is 0 Å². The van der Waals surface area contributed by atoms with Gasteiger partial charge in [-0.3, -0.25) is 0 Å². The molecule has 2 aromatic carbocycles. The SMILES string of the molecule is O=C(O)c1cc(C(F)(F)F)ccc1Sc1ccccc1Br. The molecule has 0 aliphatic carbocycles. The molecular weight excluding hydrogens is 369 g/mol. The molecule has 2 aromatic rings. The minimum absolute atomic E-state index is 0.252. The maximum atomic E-state index is 12.6. The van der Waals surface area contributed by atoms with Crippen molar-refractivity contribution in [2.75, 3.05) is 0 Å². The average Bonchev–Trinajstić information content (AvgIpc) is 2.40. The van der Waals surface area contributed by atoms with E-state index in [-0.39, 0.29) is 10.5 Å². The number of carbonyl (C=O) groups is 1. The van der Waals surface area contributed by atoms with E-state index in [1.807, 2.05) is 0 Å². The highest BCUT2D eigenvalue weighted by Gasteiger charge is 2.31. The van der Waals surface area contributed by atoms with Gasteiger partial charge in [-0.1, -0.05) is 23.9 Å². The first-order valence-corrected chi connectivity index (χ1v) is 7.27. The molecule has 0 unspecified atom stereocenters. The van der Waals surface area contributed by atoms with Crippen molar-refractivity contribution in [2.45, 2.75) is 16.0 Å². The third-order valence-electron chi connectivity index (χ3n) is 2.59. The molecule has 21 heavy (non-hydrogen) atoms. The van der Waals surface area contributed by atoms with Crippen LogP contribution in [0.25, 0.3) is 0 Å². The maximum absolute atomic E-state index is 12.6. The van der Waals surface area contributed by atoms with Crippen molar-refractivity contribution < 1.29 is 23.1 Å². The predicted molar refractivity (Wildman–Crippen MR) is 76.7 cm³/mol.